The normalized spacial score (nSPS) is 10.0. The molecule has 130 valence electrons. The Labute approximate surface area is 163 Å². The molecule has 2 aromatic carbocycles. The van der Waals surface area contributed by atoms with E-state index in [1.165, 1.54) is 19.2 Å². The fraction of sp³-hybridized carbons (Fsp3) is 0.125. The first-order chi connectivity index (χ1) is 11.8. The summed E-state index contributed by atoms with van der Waals surface area (Å²) in [5.74, 6) is -0.469. The van der Waals surface area contributed by atoms with E-state index in [1.807, 2.05) is 25.1 Å². The van der Waals surface area contributed by atoms with Crippen molar-refractivity contribution in [3.05, 3.63) is 61.2 Å². The van der Waals surface area contributed by atoms with Gasteiger partial charge in [0.25, 0.3) is 5.91 Å². The highest BCUT2D eigenvalue weighted by Crippen LogP contribution is 2.27. The zero-order valence-corrected chi connectivity index (χ0v) is 16.3. The Bertz CT molecular complexity index is 857. The molecule has 0 aliphatic carbocycles. The fourth-order valence-corrected chi connectivity index (χ4v) is 2.92. The van der Waals surface area contributed by atoms with E-state index in [-0.39, 0.29) is 22.1 Å². The van der Waals surface area contributed by atoms with Gasteiger partial charge in [-0.05, 0) is 77.6 Å². The molecule has 0 radical (unpaired) electrons. The lowest BCUT2D eigenvalue weighted by molar-refractivity contribution is -0.385. The highest BCUT2D eigenvalue weighted by atomic mass is 127. The predicted molar refractivity (Wildman–Crippen MR) is 107 cm³/mol. The molecule has 0 bridgehead atoms. The molecule has 0 aliphatic heterocycles. The number of aryl methyl sites for hydroxylation is 1. The maximum Gasteiger partial charge on any atom is 0.311 e. The minimum Gasteiger partial charge on any atom is -0.490 e. The average Bonchev–Trinajstić information content (AvgIpc) is 2.56. The van der Waals surface area contributed by atoms with Crippen molar-refractivity contribution in [2.75, 3.05) is 12.4 Å². The number of halogens is 1. The molecule has 2 aromatic rings. The molecular formula is C16H14IN3O4S. The van der Waals surface area contributed by atoms with Gasteiger partial charge in [0.2, 0.25) is 0 Å². The molecule has 0 unspecified atom stereocenters. The number of rotatable bonds is 4. The molecule has 2 rings (SSSR count). The van der Waals surface area contributed by atoms with Crippen LogP contribution in [0.3, 0.4) is 0 Å². The van der Waals surface area contributed by atoms with E-state index in [0.29, 0.717) is 0 Å². The van der Waals surface area contributed by atoms with Gasteiger partial charge in [-0.2, -0.15) is 0 Å². The quantitative estimate of drug-likeness (QED) is 0.306. The number of methoxy groups -OCH3 is 1. The number of ether oxygens (including phenoxy) is 1. The number of hydrogen-bond donors (Lipinski definition) is 2. The smallest absolute Gasteiger partial charge is 0.311 e. The van der Waals surface area contributed by atoms with Gasteiger partial charge in [0.05, 0.1) is 12.0 Å². The van der Waals surface area contributed by atoms with E-state index < -0.39 is 10.8 Å². The summed E-state index contributed by atoms with van der Waals surface area (Å²) in [5, 5.41) is 16.6. The summed E-state index contributed by atoms with van der Waals surface area (Å²) in [6, 6.07) is 9.68. The van der Waals surface area contributed by atoms with Crippen molar-refractivity contribution in [3.63, 3.8) is 0 Å². The summed E-state index contributed by atoms with van der Waals surface area (Å²) in [4.78, 5) is 22.7. The standard InChI is InChI=1S/C16H14IN3O4S/c1-9-7-11(17)4-5-12(9)18-16(25)19-15(21)10-3-6-14(24-2)13(8-10)20(22)23/h3-8H,1-2H3,(H2,18,19,21,25). The van der Waals surface area contributed by atoms with Gasteiger partial charge in [-0.25, -0.2) is 0 Å². The third-order valence-electron chi connectivity index (χ3n) is 3.30. The third kappa shape index (κ3) is 4.86. The third-order valence-corrected chi connectivity index (χ3v) is 4.18. The Morgan fingerprint density at radius 3 is 2.60 bits per heavy atom. The molecule has 1 amide bonds. The molecule has 7 nitrogen and oxygen atoms in total. The van der Waals surface area contributed by atoms with Gasteiger partial charge in [0.1, 0.15) is 0 Å². The molecule has 0 aliphatic rings. The lowest BCUT2D eigenvalue weighted by Crippen LogP contribution is -2.34. The number of hydrogen-bond acceptors (Lipinski definition) is 5. The zero-order chi connectivity index (χ0) is 18.6. The maximum atomic E-state index is 12.3. The Kier molecular flexibility index (Phi) is 6.26. The van der Waals surface area contributed by atoms with E-state index in [2.05, 4.69) is 33.2 Å². The lowest BCUT2D eigenvalue weighted by Gasteiger charge is -2.12. The Hall–Kier alpha value is -2.27. The fourth-order valence-electron chi connectivity index (χ4n) is 2.07. The van der Waals surface area contributed by atoms with Crippen LogP contribution < -0.4 is 15.4 Å². The summed E-state index contributed by atoms with van der Waals surface area (Å²) in [6.07, 6.45) is 0. The monoisotopic (exact) mass is 471 g/mol. The van der Waals surface area contributed by atoms with Crippen LogP contribution in [0.1, 0.15) is 15.9 Å². The van der Waals surface area contributed by atoms with Crippen LogP contribution in [0, 0.1) is 20.6 Å². The van der Waals surface area contributed by atoms with Crippen LogP contribution in [0.5, 0.6) is 5.75 Å². The van der Waals surface area contributed by atoms with Crippen molar-refractivity contribution in [3.8, 4) is 5.75 Å². The predicted octanol–water partition coefficient (Wildman–Crippen LogP) is 3.64. The van der Waals surface area contributed by atoms with Crippen LogP contribution in [0.4, 0.5) is 11.4 Å². The molecule has 0 saturated heterocycles. The number of nitrogens with zero attached hydrogens (tertiary/aromatic N) is 1. The number of benzene rings is 2. The van der Waals surface area contributed by atoms with Crippen molar-refractivity contribution in [1.29, 1.82) is 0 Å². The molecule has 0 heterocycles. The van der Waals surface area contributed by atoms with Crippen LogP contribution in [-0.4, -0.2) is 23.1 Å². The first-order valence-electron chi connectivity index (χ1n) is 7.02. The Morgan fingerprint density at radius 1 is 1.28 bits per heavy atom. The van der Waals surface area contributed by atoms with Crippen LogP contribution >= 0.6 is 34.8 Å². The van der Waals surface area contributed by atoms with E-state index in [4.69, 9.17) is 17.0 Å². The molecule has 0 atom stereocenters. The molecule has 0 aromatic heterocycles. The summed E-state index contributed by atoms with van der Waals surface area (Å²) < 4.78 is 6.00. The minimum atomic E-state index is -0.610. The zero-order valence-electron chi connectivity index (χ0n) is 13.3. The summed E-state index contributed by atoms with van der Waals surface area (Å²) >= 11 is 7.34. The highest BCUT2D eigenvalue weighted by molar-refractivity contribution is 14.1. The second-order valence-corrected chi connectivity index (χ2v) is 6.67. The molecule has 9 heteroatoms. The molecule has 25 heavy (non-hydrogen) atoms. The first kappa shape index (κ1) is 19.1. The number of carbonyl (C=O) groups excluding carboxylic acids is 1. The van der Waals surface area contributed by atoms with Gasteiger partial charge < -0.3 is 10.1 Å². The summed E-state index contributed by atoms with van der Waals surface area (Å²) in [5.41, 5.74) is 1.56. The number of nitro benzene ring substituents is 1. The van der Waals surface area contributed by atoms with Crippen molar-refractivity contribution >= 4 is 57.2 Å². The van der Waals surface area contributed by atoms with Gasteiger partial charge in [0.15, 0.2) is 10.9 Å². The van der Waals surface area contributed by atoms with Crippen molar-refractivity contribution in [2.45, 2.75) is 6.92 Å². The Morgan fingerprint density at radius 2 is 2.00 bits per heavy atom. The first-order valence-corrected chi connectivity index (χ1v) is 8.51. The minimum absolute atomic E-state index is 0.0803. The topological polar surface area (TPSA) is 93.5 Å². The maximum absolute atomic E-state index is 12.3. The number of carbonyl (C=O) groups is 1. The van der Waals surface area contributed by atoms with Crippen LogP contribution in [-0.2, 0) is 0 Å². The number of nitrogens with one attached hydrogen (secondary N) is 2. The average molecular weight is 471 g/mol. The second-order valence-electron chi connectivity index (χ2n) is 5.01. The van der Waals surface area contributed by atoms with Gasteiger partial charge >= 0.3 is 5.69 Å². The molecule has 0 saturated carbocycles. The Balaban J connectivity index is 2.12. The summed E-state index contributed by atoms with van der Waals surface area (Å²) in [6.45, 7) is 1.92. The van der Waals surface area contributed by atoms with Crippen LogP contribution in [0.25, 0.3) is 0 Å². The lowest BCUT2D eigenvalue weighted by atomic mass is 10.1. The van der Waals surface area contributed by atoms with E-state index in [0.717, 1.165) is 20.9 Å². The van der Waals surface area contributed by atoms with Gasteiger partial charge in [-0.15, -0.1) is 0 Å². The highest BCUT2D eigenvalue weighted by Gasteiger charge is 2.18. The number of anilines is 1. The number of amides is 1. The molecule has 2 N–H and O–H groups in total. The number of thiocarbonyl (C=S) groups is 1. The van der Waals surface area contributed by atoms with Gasteiger partial charge in [-0.3, -0.25) is 20.2 Å². The molecule has 0 fully saturated rings. The van der Waals surface area contributed by atoms with E-state index >= 15 is 0 Å². The van der Waals surface area contributed by atoms with E-state index in [9.17, 15) is 14.9 Å². The van der Waals surface area contributed by atoms with Crippen LogP contribution in [0.15, 0.2) is 36.4 Å². The van der Waals surface area contributed by atoms with Crippen molar-refractivity contribution in [1.82, 2.24) is 5.32 Å². The van der Waals surface area contributed by atoms with Crippen molar-refractivity contribution in [2.24, 2.45) is 0 Å². The number of nitro groups is 1. The second kappa shape index (κ2) is 8.21. The van der Waals surface area contributed by atoms with Crippen molar-refractivity contribution < 1.29 is 14.5 Å². The SMILES string of the molecule is COc1ccc(C(=O)NC(=S)Nc2ccc(I)cc2C)cc1[N+](=O)[O-]. The van der Waals surface area contributed by atoms with Gasteiger partial charge in [-0.1, -0.05) is 0 Å². The molecule has 0 spiro atoms. The van der Waals surface area contributed by atoms with E-state index in [1.54, 1.807) is 0 Å². The largest absolute Gasteiger partial charge is 0.490 e. The van der Waals surface area contributed by atoms with Gasteiger partial charge in [0, 0.05) is 20.9 Å². The molecular weight excluding hydrogens is 457 g/mol. The van der Waals surface area contributed by atoms with Crippen LogP contribution in [0.2, 0.25) is 0 Å². The summed E-state index contributed by atoms with van der Waals surface area (Å²) in [7, 11) is 1.32.